The Hall–Kier alpha value is -15.4. The van der Waals surface area contributed by atoms with Gasteiger partial charge >= 0.3 is 59.4 Å². The number of rotatable bonds is 13. The van der Waals surface area contributed by atoms with Crippen molar-refractivity contribution in [1.29, 1.82) is 0 Å². The van der Waals surface area contributed by atoms with Crippen molar-refractivity contribution in [1.82, 2.24) is 49.8 Å². The standard InChI is InChI=1S/C26H34N4O4.3C21H26N4O2.C14H19N3O4.C13H19N/c1-16-13-21(19-10-8-7-9-11-19)30(15-18(16)3)24(32)23(31)28-20-12-17(2)22(27-14-20)29-25(33)34-26(4,5)6;3*1-13-10-18(16-7-5-4-6-8-16)25(12-15(13)3)21(27)20(26)24-17-9-14(2)19(22)23-11-17;1-8-6-10(16-12(19)9(2)18)7-15-11(8)17-13(20)21-14(3,4)5;1-10-8-13(14-9-11(10)2)12-6-4-3-5-7-12/h7-12,14,16,18,21H,13,15H2,1-6H3,(H,28,31)(H,27,29,33);3*4-9,11,13,15,18H,10,12H2,1-3H3,(H2,22,23)(H,24,26);6-7H,1-5H3,(H,16,19)(H,15,17,20);3-7,10-11,13-14H,8-9H2,1-2H3/t;2*13-,15+,18-;;;/m.10.../s1. The third-order valence-corrected chi connectivity index (χ3v) is 28.1. The third kappa shape index (κ3) is 33.8. The second-order valence-electron chi connectivity index (χ2n) is 42.5. The number of likely N-dealkylation sites (tertiary alicyclic amines) is 4. The van der Waals surface area contributed by atoms with Crippen LogP contribution in [0.15, 0.2) is 213 Å². The molecule has 150 heavy (non-hydrogen) atoms. The number of hydrogen-bond donors (Lipinski definition) is 11. The molecule has 14 N–H and O–H groups in total. The third-order valence-electron chi connectivity index (χ3n) is 28.1. The molecular formula is C116H150N20O14. The fourth-order valence-corrected chi connectivity index (χ4v) is 18.1. The van der Waals surface area contributed by atoms with Gasteiger partial charge in [0.05, 0.1) is 83.6 Å². The highest BCUT2D eigenvalue weighted by molar-refractivity contribution is 6.42. The molecule has 9 unspecified atom stereocenters. The van der Waals surface area contributed by atoms with E-state index in [1.165, 1.54) is 49.9 Å². The fraction of sp³-hybridized carbons (Fsp3) is 0.422. The molecule has 11 amide bonds. The summed E-state index contributed by atoms with van der Waals surface area (Å²) in [6, 6.07) is 58.8. The molecule has 0 bridgehead atoms. The van der Waals surface area contributed by atoms with Gasteiger partial charge in [0.2, 0.25) is 5.78 Å². The highest BCUT2D eigenvalue weighted by Crippen LogP contribution is 2.43. The zero-order valence-electron chi connectivity index (χ0n) is 90.4. The van der Waals surface area contributed by atoms with Crippen LogP contribution in [0.2, 0.25) is 0 Å². The van der Waals surface area contributed by atoms with E-state index in [1.807, 2.05) is 121 Å². The van der Waals surface area contributed by atoms with Crippen LogP contribution in [0.4, 0.5) is 67.1 Å². The smallest absolute Gasteiger partial charge is 0.413 e. The predicted octanol–water partition coefficient (Wildman–Crippen LogP) is 19.6. The van der Waals surface area contributed by atoms with Crippen LogP contribution in [-0.2, 0) is 57.4 Å². The summed E-state index contributed by atoms with van der Waals surface area (Å²) >= 11 is 0. The van der Waals surface area contributed by atoms with Crippen molar-refractivity contribution in [2.75, 3.05) is 87.1 Å². The number of piperidine rings is 5. The topological polar surface area (TPSA) is 475 Å². The summed E-state index contributed by atoms with van der Waals surface area (Å²) in [6.45, 7) is 45.9. The van der Waals surface area contributed by atoms with Gasteiger partial charge in [-0.2, -0.15) is 0 Å². The number of nitrogen functional groups attached to an aromatic ring is 3. The molecule has 34 nitrogen and oxygen atoms in total. The molecule has 5 aliphatic rings. The monoisotopic (exact) mass is 2050 g/mol. The average Bonchev–Trinajstić information content (AvgIpc) is 0.800. The molecular weight excluding hydrogens is 1900 g/mol. The number of aromatic nitrogens is 5. The predicted molar refractivity (Wildman–Crippen MR) is 587 cm³/mol. The molecule has 0 aliphatic carbocycles. The Bertz CT molecular complexity index is 6000. The molecule has 798 valence electrons. The van der Waals surface area contributed by atoms with Crippen LogP contribution in [0.5, 0.6) is 0 Å². The number of benzene rings is 5. The number of amides is 11. The van der Waals surface area contributed by atoms with E-state index in [0.717, 1.165) is 83.0 Å². The van der Waals surface area contributed by atoms with Gasteiger partial charge in [-0.3, -0.25) is 58.6 Å². The number of carbonyl (C=O) groups is 12. The van der Waals surface area contributed by atoms with Gasteiger partial charge in [0.15, 0.2) is 0 Å². The van der Waals surface area contributed by atoms with Gasteiger partial charge in [-0.15, -0.1) is 0 Å². The van der Waals surface area contributed by atoms with Gasteiger partial charge in [0.25, 0.3) is 5.91 Å². The van der Waals surface area contributed by atoms with Gasteiger partial charge < -0.3 is 78.2 Å². The number of nitrogens with one attached hydrogen (secondary N) is 8. The summed E-state index contributed by atoms with van der Waals surface area (Å²) in [5.41, 5.74) is 27.2. The number of aryl methyl sites for hydroxylation is 5. The molecule has 15 atom stereocenters. The molecule has 5 aliphatic heterocycles. The van der Waals surface area contributed by atoms with Crippen LogP contribution in [0.3, 0.4) is 0 Å². The maximum Gasteiger partial charge on any atom is 0.413 e. The number of hydrogen-bond acceptors (Lipinski definition) is 23. The van der Waals surface area contributed by atoms with Gasteiger partial charge in [-0.05, 0) is 260 Å². The highest BCUT2D eigenvalue weighted by Gasteiger charge is 2.43. The maximum absolute atomic E-state index is 13.2. The number of nitrogens with zero attached hydrogens (tertiary/aromatic N) is 9. The Morgan fingerprint density at radius 1 is 0.300 bits per heavy atom. The van der Waals surface area contributed by atoms with Crippen LogP contribution in [0.1, 0.15) is 236 Å². The molecule has 5 saturated heterocycles. The number of carbonyl (C=O) groups excluding carboxylic acids is 12. The summed E-state index contributed by atoms with van der Waals surface area (Å²) in [7, 11) is 0. The van der Waals surface area contributed by atoms with Crippen molar-refractivity contribution < 1.29 is 67.0 Å². The maximum atomic E-state index is 13.2. The average molecular weight is 2050 g/mol. The quantitative estimate of drug-likeness (QED) is 0.0478. The van der Waals surface area contributed by atoms with Crippen molar-refractivity contribution in [2.45, 2.75) is 226 Å². The Morgan fingerprint density at radius 2 is 0.527 bits per heavy atom. The van der Waals surface area contributed by atoms with E-state index in [-0.39, 0.29) is 24.2 Å². The zero-order valence-corrected chi connectivity index (χ0v) is 90.4. The van der Waals surface area contributed by atoms with Gasteiger partial charge in [-0.1, -0.05) is 221 Å². The number of Topliss-reactive ketones (excluding diaryl/α,β-unsaturated/α-hetero) is 1. The zero-order chi connectivity index (χ0) is 110. The normalized spacial score (nSPS) is 21.3. The molecule has 10 aromatic rings. The first kappa shape index (κ1) is 117. The molecule has 34 heteroatoms. The van der Waals surface area contributed by atoms with Gasteiger partial charge in [-0.25, -0.2) is 34.5 Å². The first-order chi connectivity index (χ1) is 70.9. The number of anilines is 10. The number of pyridine rings is 5. The van der Waals surface area contributed by atoms with Crippen LogP contribution in [0.25, 0.3) is 0 Å². The van der Waals surface area contributed by atoms with Crippen molar-refractivity contribution in [3.63, 3.8) is 0 Å². The Labute approximate surface area is 881 Å². The summed E-state index contributed by atoms with van der Waals surface area (Å²) in [5, 5.41) is 21.8. The lowest BCUT2D eigenvalue weighted by atomic mass is 9.82. The van der Waals surface area contributed by atoms with Crippen molar-refractivity contribution in [3.8, 4) is 0 Å². The first-order valence-electron chi connectivity index (χ1n) is 51.3. The van der Waals surface area contributed by atoms with Gasteiger partial charge in [0, 0.05) is 39.1 Å². The molecule has 15 rings (SSSR count). The fourth-order valence-electron chi connectivity index (χ4n) is 18.1. The molecule has 5 aromatic carbocycles. The molecule has 0 radical (unpaired) electrons. The van der Waals surface area contributed by atoms with Crippen LogP contribution >= 0.6 is 0 Å². The van der Waals surface area contributed by atoms with E-state index in [9.17, 15) is 57.5 Å². The molecule has 10 heterocycles. The first-order valence-corrected chi connectivity index (χ1v) is 51.3. The lowest BCUT2D eigenvalue weighted by Crippen LogP contribution is -2.48. The minimum absolute atomic E-state index is 0.0954. The highest BCUT2D eigenvalue weighted by atomic mass is 16.6. The van der Waals surface area contributed by atoms with Gasteiger partial charge in [0.1, 0.15) is 40.3 Å². The SMILES string of the molecule is CC(=O)C(=O)Nc1cnc(NC(=O)OC(C)(C)C)c(C)c1.CC1CNC(c2ccccc2)CC1C.Cc1cc(NC(=O)C(=O)N2CC(C)C(C)CC2c2ccccc2)cnc1N.Cc1cc(NC(=O)C(=O)N2CC(C)C(C)CC2c2ccccc2)cnc1NC(=O)OC(C)(C)C.Cc1cc(NC(=O)C(=O)N2C[C@@H](C)[C@@H](C)C[C@H]2c2ccccc2)cnc1N.Cc1cc(NC(=O)C(=O)N2C[C@H](C)[C@H](C)C[C@@H]2c2ccccc2)cnc1N. The van der Waals surface area contributed by atoms with E-state index in [0.29, 0.717) is 148 Å². The lowest BCUT2D eigenvalue weighted by molar-refractivity contribution is -0.147. The second kappa shape index (κ2) is 53.5. The lowest BCUT2D eigenvalue weighted by Gasteiger charge is -2.42. The largest absolute Gasteiger partial charge is 0.444 e. The van der Waals surface area contributed by atoms with Crippen LogP contribution in [-0.4, -0.2) is 160 Å². The number of ether oxygens (including phenoxy) is 2. The molecule has 5 fully saturated rings. The van der Waals surface area contributed by atoms with Crippen molar-refractivity contribution in [2.24, 2.45) is 59.2 Å². The van der Waals surface area contributed by atoms with Crippen LogP contribution < -0.4 is 59.7 Å². The molecule has 5 aromatic heterocycles. The summed E-state index contributed by atoms with van der Waals surface area (Å²) in [6.07, 6.45) is 10.5. The number of ketones is 1. The molecule has 0 spiro atoms. The minimum atomic E-state index is -0.718. The van der Waals surface area contributed by atoms with Crippen molar-refractivity contribution >= 4 is 129 Å². The Morgan fingerprint density at radius 3 is 0.753 bits per heavy atom. The van der Waals surface area contributed by atoms with Crippen LogP contribution in [0, 0.1) is 93.8 Å². The Balaban J connectivity index is 0.000000187. The second-order valence-corrected chi connectivity index (χ2v) is 42.5. The van der Waals surface area contributed by atoms with E-state index in [2.05, 4.69) is 167 Å². The van der Waals surface area contributed by atoms with Crippen molar-refractivity contribution in [3.05, 3.63) is 269 Å². The Kier molecular flexibility index (Phi) is 41.6. The molecule has 0 saturated carbocycles. The van der Waals surface area contributed by atoms with E-state index in [4.69, 9.17) is 26.7 Å². The summed E-state index contributed by atoms with van der Waals surface area (Å²) < 4.78 is 10.4. The van der Waals surface area contributed by atoms with E-state index < -0.39 is 82.3 Å². The minimum Gasteiger partial charge on any atom is -0.444 e. The summed E-state index contributed by atoms with van der Waals surface area (Å²) in [5.74, 6) is 0.589. The number of nitrogens with two attached hydrogens (primary N) is 3. The van der Waals surface area contributed by atoms with E-state index in [1.54, 1.807) is 126 Å². The van der Waals surface area contributed by atoms with E-state index >= 15 is 0 Å². The summed E-state index contributed by atoms with van der Waals surface area (Å²) in [4.78, 5) is 176.